The molecule has 0 saturated heterocycles. The van der Waals surface area contributed by atoms with Crippen LogP contribution in [0.2, 0.25) is 0 Å². The average Bonchev–Trinajstić information content (AvgIpc) is 2.94. The fourth-order valence-corrected chi connectivity index (χ4v) is 3.39. The molecule has 7 nitrogen and oxygen atoms in total. The molecule has 146 valence electrons. The van der Waals surface area contributed by atoms with Crippen LogP contribution in [-0.2, 0) is 16.1 Å². The van der Waals surface area contributed by atoms with Gasteiger partial charge in [-0.25, -0.2) is 9.37 Å². The molecule has 0 spiro atoms. The van der Waals surface area contributed by atoms with E-state index in [1.807, 2.05) is 0 Å². The van der Waals surface area contributed by atoms with Crippen molar-refractivity contribution in [1.82, 2.24) is 10.3 Å². The molecular formula is C18H21FN2O5S. The molecule has 0 saturated carbocycles. The molecule has 1 aromatic carbocycles. The zero-order valence-electron chi connectivity index (χ0n) is 15.2. The van der Waals surface area contributed by atoms with Gasteiger partial charge in [-0.3, -0.25) is 9.59 Å². The lowest BCUT2D eigenvalue weighted by atomic mass is 9.99. The second kappa shape index (κ2) is 8.92. The zero-order chi connectivity index (χ0) is 20.0. The molecule has 1 amide bonds. The van der Waals surface area contributed by atoms with E-state index in [-0.39, 0.29) is 25.5 Å². The van der Waals surface area contributed by atoms with Crippen LogP contribution in [0.3, 0.4) is 0 Å². The van der Waals surface area contributed by atoms with Crippen LogP contribution < -0.4 is 10.1 Å². The number of aromatic nitrogens is 1. The lowest BCUT2D eigenvalue weighted by Gasteiger charge is -2.28. The molecule has 9 heteroatoms. The number of methoxy groups -OCH3 is 1. The summed E-state index contributed by atoms with van der Waals surface area (Å²) in [5, 5.41) is 12.4. The molecule has 0 fully saturated rings. The predicted molar refractivity (Wildman–Crippen MR) is 97.6 cm³/mol. The van der Waals surface area contributed by atoms with E-state index in [4.69, 9.17) is 14.6 Å². The number of hydrogen-bond donors (Lipinski definition) is 2. The Bertz CT molecular complexity index is 809. The van der Waals surface area contributed by atoms with Crippen LogP contribution in [0.1, 0.15) is 33.7 Å². The number of benzene rings is 1. The number of carbonyl (C=O) groups is 2. The van der Waals surface area contributed by atoms with Gasteiger partial charge in [0.2, 0.25) is 0 Å². The molecule has 1 unspecified atom stereocenters. The number of carboxylic acid groups (broad SMARTS) is 1. The highest BCUT2D eigenvalue weighted by atomic mass is 32.1. The Kier molecular flexibility index (Phi) is 6.86. The predicted octanol–water partition coefficient (Wildman–Crippen LogP) is 2.78. The molecule has 2 rings (SSSR count). The first kappa shape index (κ1) is 20.8. The fraction of sp³-hybridized carbons (Fsp3) is 0.389. The molecular weight excluding hydrogens is 375 g/mol. The molecule has 0 aliphatic rings. The van der Waals surface area contributed by atoms with Gasteiger partial charge in [0.1, 0.15) is 28.1 Å². The summed E-state index contributed by atoms with van der Waals surface area (Å²) in [5.74, 6) is -1.32. The van der Waals surface area contributed by atoms with Crippen LogP contribution in [0.4, 0.5) is 4.39 Å². The minimum Gasteiger partial charge on any atom is -0.486 e. The number of rotatable bonds is 9. The van der Waals surface area contributed by atoms with Gasteiger partial charge in [-0.1, -0.05) is 0 Å². The van der Waals surface area contributed by atoms with Crippen LogP contribution >= 0.6 is 11.3 Å². The maximum atomic E-state index is 12.9. The molecule has 0 aliphatic heterocycles. The Labute approximate surface area is 160 Å². The monoisotopic (exact) mass is 396 g/mol. The summed E-state index contributed by atoms with van der Waals surface area (Å²) in [6.07, 6.45) is -0.273. The Morgan fingerprint density at radius 2 is 2.00 bits per heavy atom. The summed E-state index contributed by atoms with van der Waals surface area (Å²) < 4.78 is 23.5. The van der Waals surface area contributed by atoms with Crippen molar-refractivity contribution in [1.29, 1.82) is 0 Å². The Hall–Kier alpha value is -2.52. The van der Waals surface area contributed by atoms with Gasteiger partial charge in [0.05, 0.1) is 24.3 Å². The van der Waals surface area contributed by atoms with Crippen LogP contribution in [0.5, 0.6) is 5.75 Å². The third-order valence-corrected chi connectivity index (χ3v) is 4.77. The number of aryl methyl sites for hydroxylation is 1. The van der Waals surface area contributed by atoms with Crippen LogP contribution in [-0.4, -0.2) is 41.2 Å². The minimum absolute atomic E-state index is 0.0590. The molecule has 2 N–H and O–H groups in total. The van der Waals surface area contributed by atoms with Gasteiger partial charge in [0, 0.05) is 7.11 Å². The number of thiazole rings is 1. The van der Waals surface area contributed by atoms with Gasteiger partial charge in [0.25, 0.3) is 5.91 Å². The lowest BCUT2D eigenvalue weighted by molar-refractivity contribution is -0.139. The molecule has 0 radical (unpaired) electrons. The van der Waals surface area contributed by atoms with Gasteiger partial charge in [-0.05, 0) is 38.1 Å². The largest absolute Gasteiger partial charge is 0.486 e. The maximum absolute atomic E-state index is 12.9. The van der Waals surface area contributed by atoms with Gasteiger partial charge in [-0.15, -0.1) is 11.3 Å². The van der Waals surface area contributed by atoms with Gasteiger partial charge in [-0.2, -0.15) is 0 Å². The third-order valence-electron chi connectivity index (χ3n) is 3.64. The van der Waals surface area contributed by atoms with E-state index in [1.54, 1.807) is 13.8 Å². The summed E-state index contributed by atoms with van der Waals surface area (Å²) in [6, 6.07) is 5.60. The quantitative estimate of drug-likeness (QED) is 0.676. The topological polar surface area (TPSA) is 97.8 Å². The van der Waals surface area contributed by atoms with Crippen molar-refractivity contribution in [2.45, 2.75) is 32.4 Å². The van der Waals surface area contributed by atoms with Gasteiger partial charge >= 0.3 is 5.97 Å². The molecule has 1 aromatic heterocycles. The number of ether oxygens (including phenoxy) is 2. The smallest absolute Gasteiger partial charge is 0.305 e. The Balaban J connectivity index is 2.06. The normalized spacial score (nSPS) is 13.0. The second-order valence-electron chi connectivity index (χ2n) is 6.28. The number of carboxylic acids is 1. The molecule has 2 aromatic rings. The van der Waals surface area contributed by atoms with Crippen LogP contribution in [0, 0.1) is 12.7 Å². The minimum atomic E-state index is -1.04. The van der Waals surface area contributed by atoms with E-state index in [1.165, 1.54) is 31.4 Å². The number of nitrogens with zero attached hydrogens (tertiary/aromatic N) is 1. The lowest BCUT2D eigenvalue weighted by Crippen LogP contribution is -2.50. The van der Waals surface area contributed by atoms with Crippen LogP contribution in [0.25, 0.3) is 0 Å². The van der Waals surface area contributed by atoms with E-state index in [0.717, 1.165) is 11.3 Å². The standard InChI is InChI=1S/C18H21FN2O5S/c1-11-16(17(24)21-18(2,10-25-3)8-15(22)23)27-14(20-11)9-26-13-6-4-12(19)5-7-13/h4-7H,8-10H2,1-3H3,(H,21,24)(H,22,23). The van der Waals surface area contributed by atoms with E-state index in [9.17, 15) is 14.0 Å². The maximum Gasteiger partial charge on any atom is 0.305 e. The number of hydrogen-bond acceptors (Lipinski definition) is 6. The van der Waals surface area contributed by atoms with E-state index < -0.39 is 17.4 Å². The Morgan fingerprint density at radius 1 is 1.33 bits per heavy atom. The number of amides is 1. The molecule has 27 heavy (non-hydrogen) atoms. The van der Waals surface area contributed by atoms with Gasteiger partial charge in [0.15, 0.2) is 0 Å². The number of nitrogens with one attached hydrogen (secondary N) is 1. The summed E-state index contributed by atoms with van der Waals surface area (Å²) in [4.78, 5) is 28.3. The van der Waals surface area contributed by atoms with E-state index in [2.05, 4.69) is 10.3 Å². The first-order valence-corrected chi connectivity index (χ1v) is 8.92. The molecule has 1 atom stereocenters. The Morgan fingerprint density at radius 3 is 2.59 bits per heavy atom. The van der Waals surface area contributed by atoms with Crippen LogP contribution in [0.15, 0.2) is 24.3 Å². The SMILES string of the molecule is COCC(C)(CC(=O)O)NC(=O)c1sc(COc2ccc(F)cc2)nc1C. The average molecular weight is 396 g/mol. The van der Waals surface area contributed by atoms with Crippen molar-refractivity contribution in [2.75, 3.05) is 13.7 Å². The van der Waals surface area contributed by atoms with Gasteiger partial charge < -0.3 is 19.9 Å². The highest BCUT2D eigenvalue weighted by Gasteiger charge is 2.31. The summed E-state index contributed by atoms with van der Waals surface area (Å²) in [6.45, 7) is 3.49. The fourth-order valence-electron chi connectivity index (χ4n) is 2.52. The van der Waals surface area contributed by atoms with E-state index >= 15 is 0 Å². The second-order valence-corrected chi connectivity index (χ2v) is 7.37. The van der Waals surface area contributed by atoms with Crippen molar-refractivity contribution in [3.63, 3.8) is 0 Å². The number of halogens is 1. The molecule has 0 bridgehead atoms. The van der Waals surface area contributed by atoms with Crippen molar-refractivity contribution in [2.24, 2.45) is 0 Å². The first-order valence-electron chi connectivity index (χ1n) is 8.10. The highest BCUT2D eigenvalue weighted by Crippen LogP contribution is 2.22. The molecule has 0 aliphatic carbocycles. The zero-order valence-corrected chi connectivity index (χ0v) is 16.1. The van der Waals surface area contributed by atoms with Crippen molar-refractivity contribution in [3.8, 4) is 5.75 Å². The van der Waals surface area contributed by atoms with Crippen molar-refractivity contribution in [3.05, 3.63) is 45.7 Å². The third kappa shape index (κ3) is 6.00. The number of carbonyl (C=O) groups excluding carboxylic acids is 1. The summed E-state index contributed by atoms with van der Waals surface area (Å²) >= 11 is 1.16. The summed E-state index contributed by atoms with van der Waals surface area (Å²) in [5.41, 5.74) is -0.524. The molecule has 1 heterocycles. The van der Waals surface area contributed by atoms with Crippen molar-refractivity contribution < 1.29 is 28.6 Å². The van der Waals surface area contributed by atoms with E-state index in [0.29, 0.717) is 21.3 Å². The first-order chi connectivity index (χ1) is 12.7. The highest BCUT2D eigenvalue weighted by molar-refractivity contribution is 7.13. The van der Waals surface area contributed by atoms with Crippen molar-refractivity contribution >= 4 is 23.2 Å². The number of aliphatic carboxylic acids is 1. The summed E-state index contributed by atoms with van der Waals surface area (Å²) in [7, 11) is 1.44.